The van der Waals surface area contributed by atoms with Crippen LogP contribution in [0.25, 0.3) is 0 Å². The van der Waals surface area contributed by atoms with E-state index in [4.69, 9.17) is 0 Å². The molecule has 1 aromatic rings. The number of carbonyl (C=O) groups excluding carboxylic acids is 1. The van der Waals surface area contributed by atoms with Gasteiger partial charge in [-0.15, -0.1) is 0 Å². The zero-order valence-corrected chi connectivity index (χ0v) is 16.7. The molecule has 0 bridgehead atoms. The molecule has 6 nitrogen and oxygen atoms in total. The highest BCUT2D eigenvalue weighted by Crippen LogP contribution is 2.15. The molecule has 0 saturated carbocycles. The smallest absolute Gasteiger partial charge is 0.305 e. The van der Waals surface area contributed by atoms with Gasteiger partial charge in [0.05, 0.1) is 13.7 Å². The van der Waals surface area contributed by atoms with Crippen LogP contribution in [-0.2, 0) is 23.1 Å². The average Bonchev–Trinajstić information content (AvgIpc) is 2.87. The van der Waals surface area contributed by atoms with E-state index < -0.39 is 0 Å². The van der Waals surface area contributed by atoms with Crippen molar-refractivity contribution in [1.82, 2.24) is 14.8 Å². The summed E-state index contributed by atoms with van der Waals surface area (Å²) in [5, 5.41) is 3.39. The first kappa shape index (κ1) is 20.5. The van der Waals surface area contributed by atoms with Crippen molar-refractivity contribution in [3.63, 3.8) is 0 Å². The Hall–Kier alpha value is -1.50. The molecule has 0 aromatic carbocycles. The SMILES string of the molecule is CN=C(NCCCCCCC(=O)OC)N(C)Cc1cc(Br)cn1C. The molecule has 1 N–H and O–H groups in total. The standard InChI is InChI=1S/C17H29BrN4O2/c1-19-17(20-10-8-6-5-7-9-16(23)24-4)22(3)13-15-11-14(18)12-21(15)2/h11-12H,5-10,13H2,1-4H3,(H,19,20). The molecule has 0 unspecified atom stereocenters. The van der Waals surface area contributed by atoms with Crippen LogP contribution in [0, 0.1) is 0 Å². The molecule has 24 heavy (non-hydrogen) atoms. The number of aryl methyl sites for hydroxylation is 1. The third kappa shape index (κ3) is 7.38. The van der Waals surface area contributed by atoms with Crippen molar-refractivity contribution < 1.29 is 9.53 Å². The molecule has 0 spiro atoms. The van der Waals surface area contributed by atoms with E-state index in [1.807, 2.05) is 20.3 Å². The lowest BCUT2D eigenvalue weighted by Crippen LogP contribution is -2.39. The van der Waals surface area contributed by atoms with Crippen LogP contribution in [0.15, 0.2) is 21.7 Å². The van der Waals surface area contributed by atoms with Gasteiger partial charge in [0.15, 0.2) is 5.96 Å². The summed E-state index contributed by atoms with van der Waals surface area (Å²) < 4.78 is 7.82. The second-order valence-corrected chi connectivity index (χ2v) is 6.75. The lowest BCUT2D eigenvalue weighted by molar-refractivity contribution is -0.140. The number of aliphatic imine (C=N–C) groups is 1. The van der Waals surface area contributed by atoms with Gasteiger partial charge in [-0.2, -0.15) is 0 Å². The molecule has 0 aliphatic rings. The van der Waals surface area contributed by atoms with Crippen LogP contribution in [0.5, 0.6) is 0 Å². The Morgan fingerprint density at radius 1 is 1.38 bits per heavy atom. The van der Waals surface area contributed by atoms with E-state index in [1.165, 1.54) is 12.8 Å². The van der Waals surface area contributed by atoms with Crippen molar-refractivity contribution in [2.24, 2.45) is 12.0 Å². The Morgan fingerprint density at radius 2 is 2.08 bits per heavy atom. The highest BCUT2D eigenvalue weighted by Gasteiger charge is 2.09. The van der Waals surface area contributed by atoms with Crippen molar-refractivity contribution in [3.05, 3.63) is 22.4 Å². The van der Waals surface area contributed by atoms with Gasteiger partial charge >= 0.3 is 5.97 Å². The molecular weight excluding hydrogens is 372 g/mol. The van der Waals surface area contributed by atoms with Crippen LogP contribution in [0.3, 0.4) is 0 Å². The average molecular weight is 401 g/mol. The fourth-order valence-corrected chi connectivity index (χ4v) is 3.05. The third-order valence-electron chi connectivity index (χ3n) is 3.87. The van der Waals surface area contributed by atoms with Crippen molar-refractivity contribution in [1.29, 1.82) is 0 Å². The summed E-state index contributed by atoms with van der Waals surface area (Å²) in [5.41, 5.74) is 1.22. The van der Waals surface area contributed by atoms with Crippen LogP contribution in [-0.4, -0.2) is 49.1 Å². The van der Waals surface area contributed by atoms with E-state index in [9.17, 15) is 4.79 Å². The maximum absolute atomic E-state index is 11.0. The predicted molar refractivity (Wildman–Crippen MR) is 101 cm³/mol. The number of methoxy groups -OCH3 is 1. The topological polar surface area (TPSA) is 58.9 Å². The Kier molecular flexibility index (Phi) is 9.52. The molecule has 1 heterocycles. The molecule has 0 atom stereocenters. The molecule has 0 fully saturated rings. The number of guanidine groups is 1. The number of aromatic nitrogens is 1. The molecule has 136 valence electrons. The molecule has 0 aliphatic carbocycles. The zero-order valence-electron chi connectivity index (χ0n) is 15.1. The molecular formula is C17H29BrN4O2. The van der Waals surface area contributed by atoms with Gasteiger partial charge in [0, 0.05) is 50.5 Å². The second-order valence-electron chi connectivity index (χ2n) is 5.83. The number of carbonyl (C=O) groups is 1. The van der Waals surface area contributed by atoms with Gasteiger partial charge in [0.1, 0.15) is 0 Å². The van der Waals surface area contributed by atoms with Crippen LogP contribution in [0.2, 0.25) is 0 Å². The second kappa shape index (κ2) is 11.1. The number of nitrogens with one attached hydrogen (secondary N) is 1. The lowest BCUT2D eigenvalue weighted by Gasteiger charge is -2.22. The number of hydrogen-bond donors (Lipinski definition) is 1. The summed E-state index contributed by atoms with van der Waals surface area (Å²) in [4.78, 5) is 17.5. The third-order valence-corrected chi connectivity index (χ3v) is 4.30. The van der Waals surface area contributed by atoms with Crippen LogP contribution < -0.4 is 5.32 Å². The van der Waals surface area contributed by atoms with Gasteiger partial charge in [-0.3, -0.25) is 9.79 Å². The number of rotatable bonds is 9. The number of unbranched alkanes of at least 4 members (excludes halogenated alkanes) is 3. The van der Waals surface area contributed by atoms with Gasteiger partial charge in [-0.1, -0.05) is 12.8 Å². The molecule has 7 heteroatoms. The van der Waals surface area contributed by atoms with Gasteiger partial charge < -0.3 is 19.5 Å². The van der Waals surface area contributed by atoms with Crippen LogP contribution in [0.1, 0.15) is 37.8 Å². The minimum atomic E-state index is -0.123. The summed E-state index contributed by atoms with van der Waals surface area (Å²) in [6.07, 6.45) is 6.65. The largest absolute Gasteiger partial charge is 0.469 e. The summed E-state index contributed by atoms with van der Waals surface area (Å²) in [5.74, 6) is 0.768. The Labute approximate surface area is 153 Å². The maximum Gasteiger partial charge on any atom is 0.305 e. The van der Waals surface area contributed by atoms with Crippen LogP contribution in [0.4, 0.5) is 0 Å². The van der Waals surface area contributed by atoms with E-state index in [2.05, 4.69) is 46.5 Å². The monoisotopic (exact) mass is 400 g/mol. The summed E-state index contributed by atoms with van der Waals surface area (Å²) in [6.45, 7) is 1.67. The summed E-state index contributed by atoms with van der Waals surface area (Å²) >= 11 is 3.50. The maximum atomic E-state index is 11.0. The number of ether oxygens (including phenoxy) is 1. The number of esters is 1. The van der Waals surface area contributed by atoms with E-state index >= 15 is 0 Å². The molecule has 1 aromatic heterocycles. The fraction of sp³-hybridized carbons (Fsp3) is 0.647. The summed E-state index contributed by atoms with van der Waals surface area (Å²) in [6, 6.07) is 2.12. The molecule has 1 rings (SSSR count). The van der Waals surface area contributed by atoms with E-state index in [0.29, 0.717) is 6.42 Å². The quantitative estimate of drug-likeness (QED) is 0.299. The lowest BCUT2D eigenvalue weighted by atomic mass is 10.1. The number of halogens is 1. The Bertz CT molecular complexity index is 543. The minimum absolute atomic E-state index is 0.123. The number of nitrogens with zero attached hydrogens (tertiary/aromatic N) is 3. The normalized spacial score (nSPS) is 11.5. The molecule has 0 radical (unpaired) electrons. The van der Waals surface area contributed by atoms with Gasteiger partial charge in [-0.05, 0) is 34.8 Å². The Morgan fingerprint density at radius 3 is 2.67 bits per heavy atom. The first-order valence-electron chi connectivity index (χ1n) is 8.27. The van der Waals surface area contributed by atoms with Gasteiger partial charge in [0.2, 0.25) is 0 Å². The van der Waals surface area contributed by atoms with E-state index in [0.717, 1.165) is 49.2 Å². The first-order valence-corrected chi connectivity index (χ1v) is 9.06. The zero-order chi connectivity index (χ0) is 17.9. The van der Waals surface area contributed by atoms with Gasteiger partial charge in [-0.25, -0.2) is 0 Å². The van der Waals surface area contributed by atoms with Crippen molar-refractivity contribution in [2.75, 3.05) is 27.7 Å². The predicted octanol–water partition coefficient (Wildman–Crippen LogP) is 2.92. The molecule has 0 aliphatic heterocycles. The highest BCUT2D eigenvalue weighted by molar-refractivity contribution is 9.10. The first-order chi connectivity index (χ1) is 11.5. The van der Waals surface area contributed by atoms with E-state index in [1.54, 1.807) is 7.05 Å². The molecule has 0 amide bonds. The van der Waals surface area contributed by atoms with Crippen molar-refractivity contribution in [3.8, 4) is 0 Å². The molecule has 0 saturated heterocycles. The van der Waals surface area contributed by atoms with Crippen LogP contribution >= 0.6 is 15.9 Å². The van der Waals surface area contributed by atoms with Crippen molar-refractivity contribution in [2.45, 2.75) is 38.6 Å². The summed E-state index contributed by atoms with van der Waals surface area (Å²) in [7, 11) is 7.31. The number of hydrogen-bond acceptors (Lipinski definition) is 3. The van der Waals surface area contributed by atoms with Crippen molar-refractivity contribution >= 4 is 27.9 Å². The fourth-order valence-electron chi connectivity index (χ4n) is 2.48. The van der Waals surface area contributed by atoms with Gasteiger partial charge in [0.25, 0.3) is 0 Å². The highest BCUT2D eigenvalue weighted by atomic mass is 79.9. The Balaban J connectivity index is 2.24. The minimum Gasteiger partial charge on any atom is -0.469 e. The van der Waals surface area contributed by atoms with E-state index in [-0.39, 0.29) is 5.97 Å².